The first kappa shape index (κ1) is 14.1. The molecule has 0 amide bonds. The molecule has 0 aliphatic heterocycles. The zero-order valence-corrected chi connectivity index (χ0v) is 12.0. The first-order valence-electron chi connectivity index (χ1n) is 6.71. The van der Waals surface area contributed by atoms with E-state index >= 15 is 0 Å². The summed E-state index contributed by atoms with van der Waals surface area (Å²) in [6.07, 6.45) is 2.13. The van der Waals surface area contributed by atoms with Crippen LogP contribution >= 0.6 is 11.3 Å². The molecule has 1 aromatic heterocycles. The van der Waals surface area contributed by atoms with Crippen molar-refractivity contribution in [1.82, 2.24) is 0 Å². The van der Waals surface area contributed by atoms with E-state index < -0.39 is 0 Å². The normalized spacial score (nSPS) is 12.3. The van der Waals surface area contributed by atoms with Crippen LogP contribution in [-0.4, -0.2) is 17.8 Å². The first-order valence-corrected chi connectivity index (χ1v) is 7.53. The minimum Gasteiger partial charge on any atom is -0.493 e. The van der Waals surface area contributed by atoms with E-state index in [0.29, 0.717) is 13.0 Å². The Labute approximate surface area is 118 Å². The molecule has 102 valence electrons. The average molecular weight is 276 g/mol. The molecule has 0 aliphatic carbocycles. The third-order valence-electron chi connectivity index (χ3n) is 2.97. The highest BCUT2D eigenvalue weighted by atomic mass is 32.1. The Hall–Kier alpha value is -1.32. The summed E-state index contributed by atoms with van der Waals surface area (Å²) in [5, 5.41) is 9.99. The van der Waals surface area contributed by atoms with Gasteiger partial charge in [0, 0.05) is 22.6 Å². The molecule has 0 radical (unpaired) electrons. The van der Waals surface area contributed by atoms with Gasteiger partial charge in [-0.25, -0.2) is 0 Å². The third-order valence-corrected chi connectivity index (χ3v) is 4.22. The molecule has 2 rings (SSSR count). The van der Waals surface area contributed by atoms with Gasteiger partial charge < -0.3 is 9.84 Å². The Bertz CT molecular complexity index is 479. The predicted molar refractivity (Wildman–Crippen MR) is 80.0 cm³/mol. The molecule has 1 aromatic carbocycles. The molecular formula is C16H20O2S. The Morgan fingerprint density at radius 1 is 1.11 bits per heavy atom. The van der Waals surface area contributed by atoms with E-state index in [9.17, 15) is 5.11 Å². The smallest absolute Gasteiger partial charge is 0.119 e. The van der Waals surface area contributed by atoms with E-state index in [-0.39, 0.29) is 6.10 Å². The Kier molecular flexibility index (Phi) is 5.43. The number of ether oxygens (including phenoxy) is 1. The van der Waals surface area contributed by atoms with Crippen LogP contribution in [0.1, 0.15) is 23.1 Å². The summed E-state index contributed by atoms with van der Waals surface area (Å²) >= 11 is 1.79. The monoisotopic (exact) mass is 276 g/mol. The molecule has 0 fully saturated rings. The van der Waals surface area contributed by atoms with Crippen molar-refractivity contribution in [3.63, 3.8) is 0 Å². The molecule has 2 nitrogen and oxygen atoms in total. The lowest BCUT2D eigenvalue weighted by Crippen LogP contribution is -2.14. The van der Waals surface area contributed by atoms with Gasteiger partial charge in [0.2, 0.25) is 0 Å². The standard InChI is InChI=1S/C16H20O2S/c1-2-15-8-9-16(19-15)12-13(17)10-11-18-14-6-4-3-5-7-14/h3-9,13,17H,2,10-12H2,1H3. The van der Waals surface area contributed by atoms with Crippen molar-refractivity contribution in [3.8, 4) is 5.75 Å². The highest BCUT2D eigenvalue weighted by Gasteiger charge is 2.08. The molecule has 1 heterocycles. The zero-order chi connectivity index (χ0) is 13.5. The summed E-state index contributed by atoms with van der Waals surface area (Å²) in [6.45, 7) is 2.71. The Balaban J connectivity index is 1.71. The topological polar surface area (TPSA) is 29.5 Å². The molecule has 0 saturated heterocycles. The molecule has 0 saturated carbocycles. The van der Waals surface area contributed by atoms with Crippen LogP contribution in [0.25, 0.3) is 0 Å². The molecule has 1 N–H and O–H groups in total. The highest BCUT2D eigenvalue weighted by Crippen LogP contribution is 2.19. The summed E-state index contributed by atoms with van der Waals surface area (Å²) in [7, 11) is 0. The van der Waals surface area contributed by atoms with Crippen molar-refractivity contribution in [2.24, 2.45) is 0 Å². The van der Waals surface area contributed by atoms with E-state index in [2.05, 4.69) is 19.1 Å². The van der Waals surface area contributed by atoms with Gasteiger partial charge in [-0.1, -0.05) is 25.1 Å². The fourth-order valence-electron chi connectivity index (χ4n) is 1.89. The summed E-state index contributed by atoms with van der Waals surface area (Å²) in [4.78, 5) is 2.63. The van der Waals surface area contributed by atoms with Crippen molar-refractivity contribution in [2.45, 2.75) is 32.3 Å². The number of hydrogen-bond donors (Lipinski definition) is 1. The van der Waals surface area contributed by atoms with Crippen molar-refractivity contribution in [3.05, 3.63) is 52.2 Å². The number of aryl methyl sites for hydroxylation is 1. The second kappa shape index (κ2) is 7.31. The fourth-order valence-corrected chi connectivity index (χ4v) is 2.91. The quantitative estimate of drug-likeness (QED) is 0.836. The van der Waals surface area contributed by atoms with Crippen LogP contribution in [0.15, 0.2) is 42.5 Å². The van der Waals surface area contributed by atoms with Gasteiger partial charge in [0.15, 0.2) is 0 Å². The highest BCUT2D eigenvalue weighted by molar-refractivity contribution is 7.11. The number of aliphatic hydroxyl groups excluding tert-OH is 1. The number of hydrogen-bond acceptors (Lipinski definition) is 3. The summed E-state index contributed by atoms with van der Waals surface area (Å²) in [5.41, 5.74) is 0. The number of rotatable bonds is 7. The second-order valence-electron chi connectivity index (χ2n) is 4.53. The molecule has 3 heteroatoms. The molecule has 0 aliphatic rings. The molecule has 1 unspecified atom stereocenters. The van der Waals surface area contributed by atoms with E-state index in [1.54, 1.807) is 11.3 Å². The maximum absolute atomic E-state index is 9.99. The minimum atomic E-state index is -0.327. The molecular weight excluding hydrogens is 256 g/mol. The van der Waals surface area contributed by atoms with Crippen molar-refractivity contribution >= 4 is 11.3 Å². The molecule has 19 heavy (non-hydrogen) atoms. The summed E-state index contributed by atoms with van der Waals surface area (Å²) < 4.78 is 5.58. The fraction of sp³-hybridized carbons (Fsp3) is 0.375. The van der Waals surface area contributed by atoms with Crippen LogP contribution in [0.5, 0.6) is 5.75 Å². The van der Waals surface area contributed by atoms with Gasteiger partial charge in [-0.3, -0.25) is 0 Å². The van der Waals surface area contributed by atoms with E-state index in [1.165, 1.54) is 9.75 Å². The lowest BCUT2D eigenvalue weighted by molar-refractivity contribution is 0.140. The van der Waals surface area contributed by atoms with E-state index in [4.69, 9.17) is 4.74 Å². The molecule has 2 aromatic rings. The van der Waals surface area contributed by atoms with Gasteiger partial charge in [0.05, 0.1) is 12.7 Å². The van der Waals surface area contributed by atoms with Gasteiger partial charge in [-0.05, 0) is 30.7 Å². The number of para-hydroxylation sites is 1. The molecule has 0 bridgehead atoms. The number of thiophene rings is 1. The minimum absolute atomic E-state index is 0.327. The van der Waals surface area contributed by atoms with Crippen molar-refractivity contribution < 1.29 is 9.84 Å². The average Bonchev–Trinajstić information content (AvgIpc) is 2.87. The van der Waals surface area contributed by atoms with Crippen LogP contribution in [0, 0.1) is 0 Å². The largest absolute Gasteiger partial charge is 0.493 e. The van der Waals surface area contributed by atoms with Gasteiger partial charge in [-0.2, -0.15) is 0 Å². The van der Waals surface area contributed by atoms with Gasteiger partial charge in [-0.15, -0.1) is 11.3 Å². The molecule has 0 spiro atoms. The van der Waals surface area contributed by atoms with E-state index in [1.807, 2.05) is 30.3 Å². The number of aliphatic hydroxyl groups is 1. The second-order valence-corrected chi connectivity index (χ2v) is 5.78. The van der Waals surface area contributed by atoms with Crippen molar-refractivity contribution in [1.29, 1.82) is 0 Å². The van der Waals surface area contributed by atoms with Gasteiger partial charge >= 0.3 is 0 Å². The van der Waals surface area contributed by atoms with Crippen LogP contribution in [0.4, 0.5) is 0 Å². The Morgan fingerprint density at radius 3 is 2.53 bits per heavy atom. The summed E-state index contributed by atoms with van der Waals surface area (Å²) in [6, 6.07) is 14.0. The lowest BCUT2D eigenvalue weighted by Gasteiger charge is -2.10. The van der Waals surface area contributed by atoms with Crippen LogP contribution in [-0.2, 0) is 12.8 Å². The van der Waals surface area contributed by atoms with Crippen LogP contribution in [0.3, 0.4) is 0 Å². The maximum atomic E-state index is 9.99. The van der Waals surface area contributed by atoms with Gasteiger partial charge in [0.1, 0.15) is 5.75 Å². The van der Waals surface area contributed by atoms with E-state index in [0.717, 1.165) is 18.6 Å². The van der Waals surface area contributed by atoms with Crippen LogP contribution in [0.2, 0.25) is 0 Å². The first-order chi connectivity index (χ1) is 9.28. The Morgan fingerprint density at radius 2 is 1.84 bits per heavy atom. The van der Waals surface area contributed by atoms with Gasteiger partial charge in [0.25, 0.3) is 0 Å². The van der Waals surface area contributed by atoms with Crippen molar-refractivity contribution in [2.75, 3.05) is 6.61 Å². The third kappa shape index (κ3) is 4.69. The predicted octanol–water partition coefficient (Wildman–Crippen LogP) is 3.68. The maximum Gasteiger partial charge on any atom is 0.119 e. The van der Waals surface area contributed by atoms with Crippen LogP contribution < -0.4 is 4.74 Å². The number of benzene rings is 1. The lowest BCUT2D eigenvalue weighted by atomic mass is 10.2. The molecule has 1 atom stereocenters. The zero-order valence-electron chi connectivity index (χ0n) is 11.2. The SMILES string of the molecule is CCc1ccc(CC(O)CCOc2ccccc2)s1. The summed E-state index contributed by atoms with van der Waals surface area (Å²) in [5.74, 6) is 0.860.